The van der Waals surface area contributed by atoms with Gasteiger partial charge in [0.25, 0.3) is 0 Å². The predicted octanol–water partition coefficient (Wildman–Crippen LogP) is 7.18. The lowest BCUT2D eigenvalue weighted by Gasteiger charge is -2.27. The van der Waals surface area contributed by atoms with E-state index in [9.17, 15) is 0 Å². The van der Waals surface area contributed by atoms with Gasteiger partial charge in [-0.25, -0.2) is 0 Å². The Morgan fingerprint density at radius 2 is 1.78 bits per heavy atom. The second-order valence-corrected chi connectivity index (χ2v) is 10.4. The molecule has 0 saturated carbocycles. The molecule has 4 nitrogen and oxygen atoms in total. The predicted molar refractivity (Wildman–Crippen MR) is 138 cm³/mol. The fourth-order valence-electron chi connectivity index (χ4n) is 3.88. The second kappa shape index (κ2) is 9.02. The lowest BCUT2D eigenvalue weighted by atomic mass is 10.0. The fraction of sp³-hybridized carbons (Fsp3) is 0.120. The summed E-state index contributed by atoms with van der Waals surface area (Å²) in [7, 11) is 0. The Morgan fingerprint density at radius 3 is 2.47 bits per heavy atom. The maximum absolute atomic E-state index is 6.08. The summed E-state index contributed by atoms with van der Waals surface area (Å²) in [5.74, 6) is 1.65. The van der Waals surface area contributed by atoms with E-state index >= 15 is 0 Å². The molecule has 4 aromatic rings. The minimum absolute atomic E-state index is 0.00293. The summed E-state index contributed by atoms with van der Waals surface area (Å²) in [5, 5.41) is 4.18. The number of thiophene rings is 1. The van der Waals surface area contributed by atoms with E-state index in [0.29, 0.717) is 5.11 Å². The Kier molecular flexibility index (Phi) is 5.95. The van der Waals surface area contributed by atoms with E-state index in [2.05, 4.69) is 55.4 Å². The highest BCUT2D eigenvalue weighted by Crippen LogP contribution is 2.44. The maximum Gasteiger partial charge on any atom is 0.174 e. The third kappa shape index (κ3) is 4.16. The summed E-state index contributed by atoms with van der Waals surface area (Å²) in [6.45, 7) is 2.04. The van der Waals surface area contributed by atoms with Gasteiger partial charge in [-0.1, -0.05) is 24.3 Å². The summed E-state index contributed by atoms with van der Waals surface area (Å²) >= 11 is 11.1. The number of ether oxygens (including phenoxy) is 1. The summed E-state index contributed by atoms with van der Waals surface area (Å²) < 4.78 is 7.17. The first-order chi connectivity index (χ1) is 15.6. The zero-order valence-electron chi connectivity index (χ0n) is 17.2. The first kappa shape index (κ1) is 21.1. The number of pyridine rings is 1. The molecule has 0 bridgehead atoms. The highest BCUT2D eigenvalue weighted by atomic mass is 79.9. The fourth-order valence-corrected chi connectivity index (χ4v) is 5.78. The number of aryl methyl sites for hydroxylation is 1. The van der Waals surface area contributed by atoms with Gasteiger partial charge in [0, 0.05) is 16.8 Å². The molecule has 5 rings (SSSR count). The van der Waals surface area contributed by atoms with Crippen molar-refractivity contribution in [3.63, 3.8) is 0 Å². The Labute approximate surface area is 205 Å². The highest BCUT2D eigenvalue weighted by molar-refractivity contribution is 9.11. The number of benzene rings is 2. The average Bonchev–Trinajstić information content (AvgIpc) is 3.39. The van der Waals surface area contributed by atoms with Crippen LogP contribution in [0.15, 0.2) is 88.8 Å². The van der Waals surface area contributed by atoms with E-state index in [1.165, 1.54) is 4.88 Å². The van der Waals surface area contributed by atoms with E-state index in [1.54, 1.807) is 11.3 Å². The zero-order chi connectivity index (χ0) is 22.1. The second-order valence-electron chi connectivity index (χ2n) is 7.50. The molecule has 0 aliphatic carbocycles. The number of rotatable bonds is 5. The monoisotopic (exact) mass is 521 g/mol. The van der Waals surface area contributed by atoms with Crippen LogP contribution in [0.5, 0.6) is 11.5 Å². The van der Waals surface area contributed by atoms with Gasteiger partial charge in [-0.05, 0) is 95.2 Å². The summed E-state index contributed by atoms with van der Waals surface area (Å²) in [4.78, 5) is 7.98. The Bertz CT molecular complexity index is 1240. The minimum atomic E-state index is -0.0443. The molecule has 1 aliphatic rings. The number of aromatic nitrogens is 1. The van der Waals surface area contributed by atoms with Gasteiger partial charge in [-0.3, -0.25) is 4.98 Å². The van der Waals surface area contributed by atoms with Crippen molar-refractivity contribution in [1.82, 2.24) is 10.3 Å². The average molecular weight is 522 g/mol. The summed E-state index contributed by atoms with van der Waals surface area (Å²) in [5.41, 5.74) is 3.07. The molecule has 2 atom stereocenters. The lowest BCUT2D eigenvalue weighted by molar-refractivity contribution is 0.479. The number of para-hydroxylation sites is 1. The van der Waals surface area contributed by atoms with Crippen LogP contribution in [0.25, 0.3) is 0 Å². The van der Waals surface area contributed by atoms with Crippen LogP contribution in [-0.4, -0.2) is 10.1 Å². The van der Waals surface area contributed by atoms with E-state index in [1.807, 2.05) is 67.7 Å². The number of halogens is 1. The standard InChI is InChI=1S/C25H20BrN3OS2/c1-16-6-2-3-8-20(16)30-18-11-9-17(10-12-18)29-24(21-13-14-22(26)32-21)23(28-25(29)31)19-7-4-5-15-27-19/h2-15,23-24H,1H3,(H,28,31)/t23-,24-/m0/s1. The van der Waals surface area contributed by atoms with Crippen molar-refractivity contribution in [2.75, 3.05) is 4.90 Å². The molecule has 32 heavy (non-hydrogen) atoms. The van der Waals surface area contributed by atoms with Crippen LogP contribution in [-0.2, 0) is 0 Å². The quantitative estimate of drug-likeness (QED) is 0.281. The van der Waals surface area contributed by atoms with E-state index < -0.39 is 0 Å². The molecule has 0 radical (unpaired) electrons. The van der Waals surface area contributed by atoms with Crippen molar-refractivity contribution in [1.29, 1.82) is 0 Å². The van der Waals surface area contributed by atoms with Gasteiger partial charge in [0.2, 0.25) is 0 Å². The number of hydrogen-bond donors (Lipinski definition) is 1. The molecule has 1 fully saturated rings. The third-order valence-electron chi connectivity index (χ3n) is 5.42. The lowest BCUT2D eigenvalue weighted by Crippen LogP contribution is -2.28. The van der Waals surface area contributed by atoms with Gasteiger partial charge in [-0.15, -0.1) is 11.3 Å². The molecular formula is C25H20BrN3OS2. The molecule has 2 aromatic heterocycles. The molecule has 160 valence electrons. The smallest absolute Gasteiger partial charge is 0.174 e. The van der Waals surface area contributed by atoms with Crippen molar-refractivity contribution < 1.29 is 4.74 Å². The molecule has 1 aliphatic heterocycles. The summed E-state index contributed by atoms with van der Waals surface area (Å²) in [6.07, 6.45) is 1.82. The highest BCUT2D eigenvalue weighted by Gasteiger charge is 2.41. The van der Waals surface area contributed by atoms with Crippen molar-refractivity contribution >= 4 is 50.3 Å². The van der Waals surface area contributed by atoms with E-state index in [0.717, 1.165) is 32.2 Å². The molecule has 0 amide bonds. The van der Waals surface area contributed by atoms with Gasteiger partial charge >= 0.3 is 0 Å². The SMILES string of the molecule is Cc1ccccc1Oc1ccc(N2C(=S)N[C@@H](c3ccccn3)[C@@H]2c2ccc(Br)s2)cc1. The largest absolute Gasteiger partial charge is 0.457 e. The number of anilines is 1. The molecule has 1 saturated heterocycles. The van der Waals surface area contributed by atoms with Gasteiger partial charge < -0.3 is 15.0 Å². The first-order valence-electron chi connectivity index (χ1n) is 10.2. The number of thiocarbonyl (C=S) groups is 1. The van der Waals surface area contributed by atoms with Crippen LogP contribution in [0.1, 0.15) is 28.2 Å². The third-order valence-corrected chi connectivity index (χ3v) is 7.43. The van der Waals surface area contributed by atoms with Crippen molar-refractivity contribution in [2.24, 2.45) is 0 Å². The Hall–Kier alpha value is -2.74. The van der Waals surface area contributed by atoms with Gasteiger partial charge in [0.05, 0.1) is 21.6 Å². The van der Waals surface area contributed by atoms with Gasteiger partial charge in [0.15, 0.2) is 5.11 Å². The van der Waals surface area contributed by atoms with Crippen LogP contribution in [0, 0.1) is 6.92 Å². The van der Waals surface area contributed by atoms with Crippen LogP contribution >= 0.6 is 39.5 Å². The normalized spacial score (nSPS) is 17.9. The number of hydrogen-bond acceptors (Lipinski definition) is 4. The minimum Gasteiger partial charge on any atom is -0.457 e. The van der Waals surface area contributed by atoms with Gasteiger partial charge in [-0.2, -0.15) is 0 Å². The van der Waals surface area contributed by atoms with Crippen LogP contribution in [0.2, 0.25) is 0 Å². The van der Waals surface area contributed by atoms with E-state index in [4.69, 9.17) is 17.0 Å². The Balaban J connectivity index is 1.48. The molecule has 3 heterocycles. The zero-order valence-corrected chi connectivity index (χ0v) is 20.5. The first-order valence-corrected chi connectivity index (χ1v) is 12.2. The van der Waals surface area contributed by atoms with Gasteiger partial charge in [0.1, 0.15) is 11.5 Å². The number of nitrogens with zero attached hydrogens (tertiary/aromatic N) is 2. The topological polar surface area (TPSA) is 37.4 Å². The molecular weight excluding hydrogens is 502 g/mol. The maximum atomic E-state index is 6.08. The molecule has 0 unspecified atom stereocenters. The molecule has 2 aromatic carbocycles. The van der Waals surface area contributed by atoms with Crippen molar-refractivity contribution in [2.45, 2.75) is 19.0 Å². The van der Waals surface area contributed by atoms with Crippen LogP contribution in [0.4, 0.5) is 5.69 Å². The van der Waals surface area contributed by atoms with Crippen molar-refractivity contribution in [3.05, 3.63) is 105 Å². The molecule has 0 spiro atoms. The molecule has 1 N–H and O–H groups in total. The van der Waals surface area contributed by atoms with Crippen LogP contribution < -0.4 is 15.0 Å². The number of nitrogens with one attached hydrogen (secondary N) is 1. The van der Waals surface area contributed by atoms with Crippen molar-refractivity contribution in [3.8, 4) is 11.5 Å². The van der Waals surface area contributed by atoms with Crippen LogP contribution in [0.3, 0.4) is 0 Å². The molecule has 7 heteroatoms. The summed E-state index contributed by atoms with van der Waals surface area (Å²) in [6, 6.07) is 26.2. The van der Waals surface area contributed by atoms with E-state index in [-0.39, 0.29) is 12.1 Å². The Morgan fingerprint density at radius 1 is 1.00 bits per heavy atom.